The zero-order chi connectivity index (χ0) is 18.8. The van der Waals surface area contributed by atoms with Crippen LogP contribution in [0.5, 0.6) is 0 Å². The van der Waals surface area contributed by atoms with Gasteiger partial charge in [0, 0.05) is 17.8 Å². The number of hydrogen-bond donors (Lipinski definition) is 2. The molecule has 1 atom stereocenters. The van der Waals surface area contributed by atoms with Crippen molar-refractivity contribution in [3.05, 3.63) is 57.5 Å². The summed E-state index contributed by atoms with van der Waals surface area (Å²) >= 11 is 0. The first kappa shape index (κ1) is 18.7. The lowest BCUT2D eigenvalue weighted by Crippen LogP contribution is -2.39. The summed E-state index contributed by atoms with van der Waals surface area (Å²) in [7, 11) is 0. The highest BCUT2D eigenvalue weighted by atomic mass is 19.4. The lowest BCUT2D eigenvalue weighted by Gasteiger charge is -2.17. The number of hydrogen-bond acceptors (Lipinski definition) is 4. The average Bonchev–Trinajstić information content (AvgIpc) is 2.53. The predicted molar refractivity (Wildman–Crippen MR) is 83.6 cm³/mol. The van der Waals surface area contributed by atoms with E-state index in [-0.39, 0.29) is 18.0 Å². The van der Waals surface area contributed by atoms with E-state index in [1.165, 1.54) is 32.0 Å². The summed E-state index contributed by atoms with van der Waals surface area (Å²) in [6.07, 6.45) is -4.62. The minimum atomic E-state index is -4.62. The van der Waals surface area contributed by atoms with E-state index in [2.05, 4.69) is 10.4 Å². The number of benzene rings is 1. The molecule has 0 spiro atoms. The number of aliphatic hydroxyl groups is 1. The molecule has 0 saturated heterocycles. The molecule has 1 aromatic carbocycles. The second-order valence-corrected chi connectivity index (χ2v) is 5.48. The number of aliphatic hydroxyl groups excluding tert-OH is 1. The number of carbonyl (C=O) groups excluding carboxylic acids is 1. The third-order valence-corrected chi connectivity index (χ3v) is 3.41. The van der Waals surface area contributed by atoms with E-state index in [4.69, 9.17) is 5.11 Å². The topological polar surface area (TPSA) is 84.2 Å². The molecule has 2 rings (SSSR count). The smallest absolute Gasteiger partial charge is 0.394 e. The third-order valence-electron chi connectivity index (χ3n) is 3.41. The number of amides is 1. The zero-order valence-corrected chi connectivity index (χ0v) is 13.5. The molecule has 134 valence electrons. The van der Waals surface area contributed by atoms with Crippen LogP contribution in [-0.2, 0) is 6.18 Å². The van der Waals surface area contributed by atoms with Crippen molar-refractivity contribution >= 4 is 5.91 Å². The molecule has 0 aliphatic heterocycles. The molecule has 0 aliphatic rings. The first-order chi connectivity index (χ1) is 11.6. The van der Waals surface area contributed by atoms with Gasteiger partial charge in [-0.1, -0.05) is 12.1 Å². The molecular formula is C16H16F3N3O3. The highest BCUT2D eigenvalue weighted by Crippen LogP contribution is 2.33. The Balaban J connectivity index is 2.60. The third kappa shape index (κ3) is 4.05. The Labute approximate surface area is 140 Å². The van der Waals surface area contributed by atoms with Gasteiger partial charge in [-0.05, 0) is 26.0 Å². The molecule has 0 saturated carbocycles. The first-order valence-corrected chi connectivity index (χ1v) is 7.34. The van der Waals surface area contributed by atoms with Gasteiger partial charge in [-0.15, -0.1) is 0 Å². The molecule has 9 heteroatoms. The maximum Gasteiger partial charge on any atom is 0.418 e. The SMILES string of the molecule is Cc1cc(=O)c(C(=O)NC(C)CO)nn1-c1ccccc1C(F)(F)F. The summed E-state index contributed by atoms with van der Waals surface area (Å²) < 4.78 is 40.5. The number of alkyl halides is 3. The van der Waals surface area contributed by atoms with Crippen molar-refractivity contribution in [3.63, 3.8) is 0 Å². The number of aromatic nitrogens is 2. The van der Waals surface area contributed by atoms with Crippen molar-refractivity contribution in [2.45, 2.75) is 26.1 Å². The Hall–Kier alpha value is -2.68. The van der Waals surface area contributed by atoms with Gasteiger partial charge in [0.2, 0.25) is 5.43 Å². The predicted octanol–water partition coefficient (Wildman–Crippen LogP) is 1.67. The fraction of sp³-hybridized carbons (Fsp3) is 0.312. The van der Waals surface area contributed by atoms with Crippen LogP contribution < -0.4 is 10.7 Å². The van der Waals surface area contributed by atoms with Gasteiger partial charge in [-0.3, -0.25) is 9.59 Å². The molecule has 0 radical (unpaired) electrons. The van der Waals surface area contributed by atoms with Crippen molar-refractivity contribution in [3.8, 4) is 5.69 Å². The summed E-state index contributed by atoms with van der Waals surface area (Å²) in [5, 5.41) is 15.1. The van der Waals surface area contributed by atoms with E-state index in [0.717, 1.165) is 16.8 Å². The van der Waals surface area contributed by atoms with Crippen LogP contribution in [0.2, 0.25) is 0 Å². The molecule has 2 N–H and O–H groups in total. The number of nitrogens with one attached hydrogen (secondary N) is 1. The highest BCUT2D eigenvalue weighted by Gasteiger charge is 2.34. The largest absolute Gasteiger partial charge is 0.418 e. The minimum absolute atomic E-state index is 0.147. The second kappa shape index (κ2) is 7.06. The van der Waals surface area contributed by atoms with Crippen molar-refractivity contribution in [2.24, 2.45) is 0 Å². The maximum atomic E-state index is 13.2. The number of nitrogens with zero attached hydrogens (tertiary/aromatic N) is 2. The van der Waals surface area contributed by atoms with Crippen molar-refractivity contribution in [1.82, 2.24) is 15.1 Å². The number of halogens is 3. The van der Waals surface area contributed by atoms with Gasteiger partial charge in [0.25, 0.3) is 5.91 Å². The van der Waals surface area contributed by atoms with E-state index < -0.39 is 34.8 Å². The molecular weight excluding hydrogens is 339 g/mol. The normalized spacial score (nSPS) is 12.7. The Kier molecular flexibility index (Phi) is 5.27. The maximum absolute atomic E-state index is 13.2. The Bertz CT molecular complexity index is 846. The number of rotatable bonds is 4. The van der Waals surface area contributed by atoms with E-state index in [0.29, 0.717) is 0 Å². The van der Waals surface area contributed by atoms with Crippen molar-refractivity contribution < 1.29 is 23.1 Å². The summed E-state index contributed by atoms with van der Waals surface area (Å²) in [4.78, 5) is 24.1. The van der Waals surface area contributed by atoms with Gasteiger partial charge in [0.1, 0.15) is 0 Å². The van der Waals surface area contributed by atoms with Gasteiger partial charge in [0.05, 0.1) is 17.9 Å². The van der Waals surface area contributed by atoms with Crippen LogP contribution in [0.4, 0.5) is 13.2 Å². The Morgan fingerprint density at radius 1 is 1.36 bits per heavy atom. The zero-order valence-electron chi connectivity index (χ0n) is 13.5. The summed E-state index contributed by atoms with van der Waals surface area (Å²) in [6.45, 7) is 2.56. The van der Waals surface area contributed by atoms with Gasteiger partial charge in [-0.25, -0.2) is 4.68 Å². The van der Waals surface area contributed by atoms with Crippen LogP contribution in [-0.4, -0.2) is 33.4 Å². The summed E-state index contributed by atoms with van der Waals surface area (Å²) in [6, 6.07) is 5.13. The van der Waals surface area contributed by atoms with Gasteiger partial charge in [-0.2, -0.15) is 18.3 Å². The molecule has 2 aromatic rings. The van der Waals surface area contributed by atoms with Crippen LogP contribution in [0.15, 0.2) is 35.1 Å². The molecule has 1 amide bonds. The fourth-order valence-electron chi connectivity index (χ4n) is 2.18. The van der Waals surface area contributed by atoms with Gasteiger partial charge in [0.15, 0.2) is 5.69 Å². The molecule has 1 unspecified atom stereocenters. The lowest BCUT2D eigenvalue weighted by atomic mass is 10.1. The Morgan fingerprint density at radius 3 is 2.60 bits per heavy atom. The van der Waals surface area contributed by atoms with E-state index in [1.54, 1.807) is 0 Å². The minimum Gasteiger partial charge on any atom is -0.394 e. The number of carbonyl (C=O) groups is 1. The number of aryl methyl sites for hydroxylation is 1. The highest BCUT2D eigenvalue weighted by molar-refractivity contribution is 5.92. The van der Waals surface area contributed by atoms with Crippen molar-refractivity contribution in [1.29, 1.82) is 0 Å². The molecule has 1 aromatic heterocycles. The van der Waals surface area contributed by atoms with Crippen molar-refractivity contribution in [2.75, 3.05) is 6.61 Å². The molecule has 1 heterocycles. The average molecular weight is 355 g/mol. The molecule has 0 fully saturated rings. The van der Waals surface area contributed by atoms with Crippen LogP contribution in [0.1, 0.15) is 28.7 Å². The number of para-hydroxylation sites is 1. The lowest BCUT2D eigenvalue weighted by molar-refractivity contribution is -0.137. The van der Waals surface area contributed by atoms with Gasteiger partial charge < -0.3 is 10.4 Å². The van der Waals surface area contributed by atoms with E-state index in [1.807, 2.05) is 0 Å². The molecule has 0 aliphatic carbocycles. The standard InChI is InChI=1S/C16H16F3N3O3/c1-9(8-23)20-15(25)14-13(24)7-10(2)22(21-14)12-6-4-3-5-11(12)16(17,18)19/h3-7,9,23H,8H2,1-2H3,(H,20,25). The van der Waals surface area contributed by atoms with Crippen LogP contribution in [0.3, 0.4) is 0 Å². The quantitative estimate of drug-likeness (QED) is 0.874. The molecule has 0 bridgehead atoms. The van der Waals surface area contributed by atoms with Crippen LogP contribution >= 0.6 is 0 Å². The molecule has 25 heavy (non-hydrogen) atoms. The van der Waals surface area contributed by atoms with E-state index >= 15 is 0 Å². The van der Waals surface area contributed by atoms with Crippen LogP contribution in [0.25, 0.3) is 5.69 Å². The van der Waals surface area contributed by atoms with Gasteiger partial charge >= 0.3 is 6.18 Å². The summed E-state index contributed by atoms with van der Waals surface area (Å²) in [5.41, 5.74) is -2.36. The van der Waals surface area contributed by atoms with Crippen LogP contribution in [0, 0.1) is 6.92 Å². The van der Waals surface area contributed by atoms with E-state index in [9.17, 15) is 22.8 Å². The molecule has 6 nitrogen and oxygen atoms in total. The Morgan fingerprint density at radius 2 is 2.00 bits per heavy atom. The summed E-state index contributed by atoms with van der Waals surface area (Å²) in [5.74, 6) is -0.871. The monoisotopic (exact) mass is 355 g/mol. The second-order valence-electron chi connectivity index (χ2n) is 5.48. The first-order valence-electron chi connectivity index (χ1n) is 7.34. The fourth-order valence-corrected chi connectivity index (χ4v) is 2.18.